The molecule has 1 saturated heterocycles. The standard InChI is InChI=1S/C17H18BrClN2/c18-15-3-1-2-14(12-15)13-20-8-10-21(11-9-20)17-6-4-16(19)5-7-17/h1-7,12H,8-11,13H2. The molecule has 1 aliphatic heterocycles. The SMILES string of the molecule is Clc1ccc(N2CCN(Cc3cccc(Br)c3)CC2)cc1. The zero-order valence-corrected chi connectivity index (χ0v) is 14.1. The fourth-order valence-corrected chi connectivity index (χ4v) is 3.28. The lowest BCUT2D eigenvalue weighted by molar-refractivity contribution is 0.250. The van der Waals surface area contributed by atoms with Crippen molar-refractivity contribution >= 4 is 33.2 Å². The fourth-order valence-electron chi connectivity index (χ4n) is 2.71. The Morgan fingerprint density at radius 1 is 0.952 bits per heavy atom. The van der Waals surface area contributed by atoms with Crippen molar-refractivity contribution < 1.29 is 0 Å². The zero-order valence-electron chi connectivity index (χ0n) is 11.8. The molecule has 110 valence electrons. The summed E-state index contributed by atoms with van der Waals surface area (Å²) in [6, 6.07) is 16.7. The van der Waals surface area contributed by atoms with Crippen molar-refractivity contribution in [1.29, 1.82) is 0 Å². The van der Waals surface area contributed by atoms with E-state index in [1.54, 1.807) is 0 Å². The van der Waals surface area contributed by atoms with E-state index in [0.717, 1.165) is 42.2 Å². The first-order chi connectivity index (χ1) is 10.2. The van der Waals surface area contributed by atoms with Crippen molar-refractivity contribution in [3.63, 3.8) is 0 Å². The van der Waals surface area contributed by atoms with Gasteiger partial charge in [0.2, 0.25) is 0 Å². The van der Waals surface area contributed by atoms with Gasteiger partial charge in [-0.25, -0.2) is 0 Å². The van der Waals surface area contributed by atoms with Gasteiger partial charge < -0.3 is 4.90 Å². The summed E-state index contributed by atoms with van der Waals surface area (Å²) in [4.78, 5) is 4.93. The van der Waals surface area contributed by atoms with E-state index in [-0.39, 0.29) is 0 Å². The lowest BCUT2D eigenvalue weighted by atomic mass is 10.2. The molecule has 3 rings (SSSR count). The van der Waals surface area contributed by atoms with Gasteiger partial charge in [0.05, 0.1) is 0 Å². The quantitative estimate of drug-likeness (QED) is 0.794. The molecule has 0 spiro atoms. The van der Waals surface area contributed by atoms with E-state index in [4.69, 9.17) is 11.6 Å². The van der Waals surface area contributed by atoms with Crippen LogP contribution in [0.2, 0.25) is 5.02 Å². The molecule has 1 fully saturated rings. The summed E-state index contributed by atoms with van der Waals surface area (Å²) >= 11 is 9.48. The minimum absolute atomic E-state index is 0.798. The van der Waals surface area contributed by atoms with Crippen molar-refractivity contribution in [3.8, 4) is 0 Å². The molecule has 1 aliphatic rings. The Morgan fingerprint density at radius 3 is 2.33 bits per heavy atom. The monoisotopic (exact) mass is 364 g/mol. The summed E-state index contributed by atoms with van der Waals surface area (Å²) in [6.07, 6.45) is 0. The molecule has 0 bridgehead atoms. The second kappa shape index (κ2) is 6.82. The first kappa shape index (κ1) is 14.9. The Morgan fingerprint density at radius 2 is 1.67 bits per heavy atom. The third kappa shape index (κ3) is 4.00. The second-order valence-corrected chi connectivity index (χ2v) is 6.72. The summed E-state index contributed by atoms with van der Waals surface area (Å²) in [5.41, 5.74) is 2.63. The van der Waals surface area contributed by atoms with Crippen LogP contribution in [-0.2, 0) is 6.54 Å². The lowest BCUT2D eigenvalue weighted by Crippen LogP contribution is -2.45. The Hall–Kier alpha value is -1.03. The van der Waals surface area contributed by atoms with E-state index in [1.807, 2.05) is 12.1 Å². The Balaban J connectivity index is 1.56. The van der Waals surface area contributed by atoms with E-state index in [0.29, 0.717) is 0 Å². The predicted molar refractivity (Wildman–Crippen MR) is 93.1 cm³/mol. The van der Waals surface area contributed by atoms with Gasteiger partial charge >= 0.3 is 0 Å². The molecular weight excluding hydrogens is 348 g/mol. The van der Waals surface area contributed by atoms with Gasteiger partial charge in [-0.15, -0.1) is 0 Å². The summed E-state index contributed by atoms with van der Waals surface area (Å²) in [5, 5.41) is 0.798. The van der Waals surface area contributed by atoms with Crippen LogP contribution in [0.5, 0.6) is 0 Å². The number of halogens is 2. The number of piperazine rings is 1. The maximum atomic E-state index is 5.95. The highest BCUT2D eigenvalue weighted by atomic mass is 79.9. The van der Waals surface area contributed by atoms with Gasteiger partial charge in [-0.05, 0) is 42.0 Å². The minimum Gasteiger partial charge on any atom is -0.369 e. The van der Waals surface area contributed by atoms with Crippen molar-refractivity contribution in [1.82, 2.24) is 4.90 Å². The van der Waals surface area contributed by atoms with Crippen LogP contribution in [0.4, 0.5) is 5.69 Å². The Bertz CT molecular complexity index is 592. The smallest absolute Gasteiger partial charge is 0.0407 e. The van der Waals surface area contributed by atoms with E-state index < -0.39 is 0 Å². The van der Waals surface area contributed by atoms with Crippen LogP contribution in [0.3, 0.4) is 0 Å². The van der Waals surface area contributed by atoms with Crippen LogP contribution in [0.25, 0.3) is 0 Å². The van der Waals surface area contributed by atoms with Crippen LogP contribution in [-0.4, -0.2) is 31.1 Å². The highest BCUT2D eigenvalue weighted by Gasteiger charge is 2.17. The minimum atomic E-state index is 0.798. The molecule has 0 aliphatic carbocycles. The van der Waals surface area contributed by atoms with E-state index in [1.165, 1.54) is 11.3 Å². The molecule has 0 radical (unpaired) electrons. The van der Waals surface area contributed by atoms with Crippen LogP contribution < -0.4 is 4.90 Å². The molecule has 0 saturated carbocycles. The largest absolute Gasteiger partial charge is 0.369 e. The van der Waals surface area contributed by atoms with Gasteiger partial charge in [0.15, 0.2) is 0 Å². The van der Waals surface area contributed by atoms with Gasteiger partial charge in [0.25, 0.3) is 0 Å². The first-order valence-corrected chi connectivity index (χ1v) is 8.35. The molecule has 2 nitrogen and oxygen atoms in total. The number of anilines is 1. The topological polar surface area (TPSA) is 6.48 Å². The molecule has 2 aromatic rings. The molecule has 0 amide bonds. The molecule has 21 heavy (non-hydrogen) atoms. The maximum absolute atomic E-state index is 5.95. The molecule has 1 heterocycles. The van der Waals surface area contributed by atoms with Crippen LogP contribution in [0.15, 0.2) is 53.0 Å². The predicted octanol–water partition coefficient (Wildman–Crippen LogP) is 4.42. The highest BCUT2D eigenvalue weighted by molar-refractivity contribution is 9.10. The van der Waals surface area contributed by atoms with Crippen molar-refractivity contribution in [2.45, 2.75) is 6.54 Å². The van der Waals surface area contributed by atoms with Gasteiger partial charge in [0, 0.05) is 47.9 Å². The molecule has 0 N–H and O–H groups in total. The molecule has 4 heteroatoms. The number of nitrogens with zero attached hydrogens (tertiary/aromatic N) is 2. The summed E-state index contributed by atoms with van der Waals surface area (Å²) < 4.78 is 1.15. The lowest BCUT2D eigenvalue weighted by Gasteiger charge is -2.36. The molecule has 0 unspecified atom stereocenters. The van der Waals surface area contributed by atoms with Crippen LogP contribution >= 0.6 is 27.5 Å². The van der Waals surface area contributed by atoms with E-state index >= 15 is 0 Å². The fraction of sp³-hybridized carbons (Fsp3) is 0.294. The number of rotatable bonds is 3. The average Bonchev–Trinajstić information content (AvgIpc) is 2.49. The number of hydrogen-bond donors (Lipinski definition) is 0. The second-order valence-electron chi connectivity index (χ2n) is 5.37. The zero-order chi connectivity index (χ0) is 14.7. The molecule has 0 aromatic heterocycles. The molecule has 2 aromatic carbocycles. The van der Waals surface area contributed by atoms with E-state index in [9.17, 15) is 0 Å². The van der Waals surface area contributed by atoms with Crippen molar-refractivity contribution in [2.75, 3.05) is 31.1 Å². The average molecular weight is 366 g/mol. The summed E-state index contributed by atoms with van der Waals surface area (Å²) in [6.45, 7) is 5.34. The Kier molecular flexibility index (Phi) is 4.84. The third-order valence-electron chi connectivity index (χ3n) is 3.86. The van der Waals surface area contributed by atoms with Crippen molar-refractivity contribution in [2.24, 2.45) is 0 Å². The van der Waals surface area contributed by atoms with Gasteiger partial charge in [0.1, 0.15) is 0 Å². The van der Waals surface area contributed by atoms with E-state index in [2.05, 4.69) is 62.1 Å². The maximum Gasteiger partial charge on any atom is 0.0407 e. The highest BCUT2D eigenvalue weighted by Crippen LogP contribution is 2.20. The first-order valence-electron chi connectivity index (χ1n) is 7.18. The summed E-state index contributed by atoms with van der Waals surface area (Å²) in [5.74, 6) is 0. The Labute approximate surface area is 139 Å². The van der Waals surface area contributed by atoms with Gasteiger partial charge in [-0.1, -0.05) is 39.7 Å². The van der Waals surface area contributed by atoms with Gasteiger partial charge in [-0.2, -0.15) is 0 Å². The number of hydrogen-bond acceptors (Lipinski definition) is 2. The number of benzene rings is 2. The van der Waals surface area contributed by atoms with Crippen molar-refractivity contribution in [3.05, 3.63) is 63.6 Å². The third-order valence-corrected chi connectivity index (χ3v) is 4.60. The van der Waals surface area contributed by atoms with Gasteiger partial charge in [-0.3, -0.25) is 4.90 Å². The normalized spacial score (nSPS) is 16.2. The molecule has 0 atom stereocenters. The van der Waals surface area contributed by atoms with Crippen LogP contribution in [0, 0.1) is 0 Å². The summed E-state index contributed by atoms with van der Waals surface area (Å²) in [7, 11) is 0. The van der Waals surface area contributed by atoms with Crippen LogP contribution in [0.1, 0.15) is 5.56 Å². The molecular formula is C17H18BrClN2.